The van der Waals surface area contributed by atoms with Gasteiger partial charge in [0.1, 0.15) is 5.82 Å². The van der Waals surface area contributed by atoms with Crippen molar-refractivity contribution in [3.8, 4) is 0 Å². The number of carbonyl (C=O) groups is 1. The van der Waals surface area contributed by atoms with Crippen LogP contribution in [0.25, 0.3) is 0 Å². The number of rotatable bonds is 6. The maximum atomic E-state index is 10.7. The van der Waals surface area contributed by atoms with Crippen LogP contribution in [-0.2, 0) is 20.0 Å². The van der Waals surface area contributed by atoms with Gasteiger partial charge in [0, 0.05) is 49.2 Å². The summed E-state index contributed by atoms with van der Waals surface area (Å²) in [4.78, 5) is 16.0. The fourth-order valence-corrected chi connectivity index (χ4v) is 2.46. The van der Waals surface area contributed by atoms with Gasteiger partial charge in [-0.25, -0.2) is 9.78 Å². The predicted molar refractivity (Wildman–Crippen MR) is 69.9 cm³/mol. The molecule has 96 valence electrons. The number of nitrogens with zero attached hydrogens (tertiary/aromatic N) is 2. The lowest BCUT2D eigenvalue weighted by Gasteiger charge is -2.03. The molecule has 0 bridgehead atoms. The number of aryl methyl sites for hydroxylation is 1. The molecule has 0 aliphatic rings. The number of carboxylic acids is 1. The molecule has 0 aromatic carbocycles. The number of nitrogens with one attached hydrogen (secondary N) is 1. The summed E-state index contributed by atoms with van der Waals surface area (Å²) >= 11 is 1.46. The number of aromatic carboxylic acids is 1. The topological polar surface area (TPSA) is 67.2 Å². The Labute approximate surface area is 109 Å². The Bertz CT molecular complexity index is 533. The lowest BCUT2D eigenvalue weighted by molar-refractivity contribution is 0.0697. The van der Waals surface area contributed by atoms with Gasteiger partial charge in [-0.1, -0.05) is 0 Å². The highest BCUT2D eigenvalue weighted by Crippen LogP contribution is 2.14. The van der Waals surface area contributed by atoms with Crippen molar-refractivity contribution in [2.45, 2.75) is 13.0 Å². The van der Waals surface area contributed by atoms with E-state index < -0.39 is 5.97 Å². The van der Waals surface area contributed by atoms with Crippen LogP contribution in [-0.4, -0.2) is 27.2 Å². The normalized spacial score (nSPS) is 10.7. The average molecular weight is 265 g/mol. The molecule has 6 heteroatoms. The van der Waals surface area contributed by atoms with Gasteiger partial charge in [0.2, 0.25) is 0 Å². The lowest BCUT2D eigenvalue weighted by Crippen LogP contribution is -2.17. The predicted octanol–water partition coefficient (Wildman–Crippen LogP) is 1.51. The van der Waals surface area contributed by atoms with Gasteiger partial charge in [0.05, 0.1) is 5.56 Å². The smallest absolute Gasteiger partial charge is 0.336 e. The van der Waals surface area contributed by atoms with E-state index >= 15 is 0 Å². The second-order valence-corrected chi connectivity index (χ2v) is 4.98. The zero-order valence-corrected chi connectivity index (χ0v) is 10.9. The Hall–Kier alpha value is -1.66. The van der Waals surface area contributed by atoms with E-state index in [1.807, 2.05) is 17.8 Å². The molecular weight excluding hydrogens is 250 g/mol. The molecule has 2 heterocycles. The van der Waals surface area contributed by atoms with Crippen LogP contribution < -0.4 is 5.32 Å². The summed E-state index contributed by atoms with van der Waals surface area (Å²) < 4.78 is 2.00. The van der Waals surface area contributed by atoms with E-state index in [0.29, 0.717) is 12.1 Å². The standard InChI is InChI=1S/C12H15N3O2S/c1-15-5-4-14-11(15)2-3-13-7-10-6-9(8-18-10)12(16)17/h4-6,8,13H,2-3,7H2,1H3,(H,16,17). The second kappa shape index (κ2) is 5.79. The summed E-state index contributed by atoms with van der Waals surface area (Å²) in [6.45, 7) is 1.52. The summed E-state index contributed by atoms with van der Waals surface area (Å²) in [6.07, 6.45) is 4.57. The van der Waals surface area contributed by atoms with Crippen molar-refractivity contribution in [2.75, 3.05) is 6.54 Å². The molecule has 18 heavy (non-hydrogen) atoms. The van der Waals surface area contributed by atoms with Crippen molar-refractivity contribution in [2.24, 2.45) is 7.05 Å². The Morgan fingerprint density at radius 1 is 1.61 bits per heavy atom. The van der Waals surface area contributed by atoms with E-state index in [4.69, 9.17) is 5.11 Å². The minimum atomic E-state index is -0.870. The van der Waals surface area contributed by atoms with E-state index in [1.165, 1.54) is 11.3 Å². The SMILES string of the molecule is Cn1ccnc1CCNCc1cc(C(=O)O)cs1. The minimum Gasteiger partial charge on any atom is -0.478 e. The molecule has 0 fully saturated rings. The van der Waals surface area contributed by atoms with Crippen LogP contribution in [0.5, 0.6) is 0 Å². The first-order valence-corrected chi connectivity index (χ1v) is 6.52. The van der Waals surface area contributed by atoms with E-state index in [0.717, 1.165) is 23.7 Å². The summed E-state index contributed by atoms with van der Waals surface area (Å²) in [5.41, 5.74) is 0.362. The third-order valence-corrected chi connectivity index (χ3v) is 3.58. The van der Waals surface area contributed by atoms with Crippen LogP contribution in [0.3, 0.4) is 0 Å². The summed E-state index contributed by atoms with van der Waals surface area (Å²) in [6, 6.07) is 1.71. The quantitative estimate of drug-likeness (QED) is 0.777. The molecule has 0 saturated heterocycles. The molecule has 2 aromatic heterocycles. The monoisotopic (exact) mass is 265 g/mol. The molecule has 5 nitrogen and oxygen atoms in total. The van der Waals surface area contributed by atoms with Gasteiger partial charge >= 0.3 is 5.97 Å². The number of thiophene rings is 1. The first-order valence-electron chi connectivity index (χ1n) is 5.64. The van der Waals surface area contributed by atoms with Gasteiger partial charge in [-0.3, -0.25) is 0 Å². The van der Waals surface area contributed by atoms with Crippen LogP contribution in [0.4, 0.5) is 0 Å². The second-order valence-electron chi connectivity index (χ2n) is 3.99. The molecule has 0 aliphatic heterocycles. The van der Waals surface area contributed by atoms with Crippen LogP contribution >= 0.6 is 11.3 Å². The lowest BCUT2D eigenvalue weighted by atomic mass is 10.3. The Balaban J connectivity index is 1.75. The van der Waals surface area contributed by atoms with Crippen molar-refractivity contribution < 1.29 is 9.90 Å². The van der Waals surface area contributed by atoms with Gasteiger partial charge in [-0.05, 0) is 6.07 Å². The van der Waals surface area contributed by atoms with Gasteiger partial charge < -0.3 is 15.0 Å². The molecule has 0 atom stereocenters. The number of hydrogen-bond acceptors (Lipinski definition) is 4. The van der Waals surface area contributed by atoms with Gasteiger partial charge in [-0.15, -0.1) is 11.3 Å². The number of hydrogen-bond donors (Lipinski definition) is 2. The van der Waals surface area contributed by atoms with Crippen molar-refractivity contribution in [3.05, 3.63) is 40.1 Å². The Morgan fingerprint density at radius 3 is 3.06 bits per heavy atom. The molecule has 0 spiro atoms. The van der Waals surface area contributed by atoms with E-state index in [2.05, 4.69) is 10.3 Å². The highest BCUT2D eigenvalue weighted by atomic mass is 32.1. The summed E-state index contributed by atoms with van der Waals surface area (Å²) in [5.74, 6) is 0.172. The maximum absolute atomic E-state index is 10.7. The molecule has 0 saturated carbocycles. The Kier molecular flexibility index (Phi) is 4.11. The van der Waals surface area contributed by atoms with Crippen LogP contribution in [0.15, 0.2) is 23.8 Å². The highest BCUT2D eigenvalue weighted by Gasteiger charge is 2.06. The van der Waals surface area contributed by atoms with Gasteiger partial charge in [0.15, 0.2) is 0 Å². The fraction of sp³-hybridized carbons (Fsp3) is 0.333. The van der Waals surface area contributed by atoms with Crippen LogP contribution in [0.2, 0.25) is 0 Å². The molecule has 0 amide bonds. The van der Waals surface area contributed by atoms with Crippen LogP contribution in [0.1, 0.15) is 21.1 Å². The molecule has 2 N–H and O–H groups in total. The fourth-order valence-electron chi connectivity index (χ4n) is 1.63. The van der Waals surface area contributed by atoms with Crippen molar-refractivity contribution in [3.63, 3.8) is 0 Å². The third kappa shape index (κ3) is 3.18. The number of aromatic nitrogens is 2. The maximum Gasteiger partial charge on any atom is 0.336 e. The van der Waals surface area contributed by atoms with Crippen LogP contribution in [0, 0.1) is 0 Å². The first kappa shape index (κ1) is 12.8. The Morgan fingerprint density at radius 2 is 2.44 bits per heavy atom. The van der Waals surface area contributed by atoms with E-state index in [9.17, 15) is 4.79 Å². The molecule has 2 rings (SSSR count). The summed E-state index contributed by atoms with van der Waals surface area (Å²) in [7, 11) is 1.97. The average Bonchev–Trinajstić information content (AvgIpc) is 2.94. The van der Waals surface area contributed by atoms with E-state index in [1.54, 1.807) is 17.6 Å². The van der Waals surface area contributed by atoms with Crippen molar-refractivity contribution in [1.29, 1.82) is 0 Å². The van der Waals surface area contributed by atoms with E-state index in [-0.39, 0.29) is 0 Å². The zero-order valence-electron chi connectivity index (χ0n) is 10.1. The zero-order chi connectivity index (χ0) is 13.0. The molecule has 0 radical (unpaired) electrons. The highest BCUT2D eigenvalue weighted by molar-refractivity contribution is 7.10. The minimum absolute atomic E-state index is 0.362. The largest absolute Gasteiger partial charge is 0.478 e. The van der Waals surface area contributed by atoms with Gasteiger partial charge in [0.25, 0.3) is 0 Å². The van der Waals surface area contributed by atoms with Gasteiger partial charge in [-0.2, -0.15) is 0 Å². The summed E-state index contributed by atoms with van der Waals surface area (Å²) in [5, 5.41) is 13.7. The third-order valence-electron chi connectivity index (χ3n) is 2.65. The van der Waals surface area contributed by atoms with Crippen molar-refractivity contribution in [1.82, 2.24) is 14.9 Å². The molecule has 2 aromatic rings. The number of carboxylic acid groups (broad SMARTS) is 1. The molecular formula is C12H15N3O2S. The van der Waals surface area contributed by atoms with Crippen molar-refractivity contribution >= 4 is 17.3 Å². The number of imidazole rings is 1. The molecule has 0 aliphatic carbocycles. The molecule has 0 unspecified atom stereocenters. The first-order chi connectivity index (χ1) is 8.66.